The smallest absolute Gasteiger partial charge is 0.338 e. The van der Waals surface area contributed by atoms with Gasteiger partial charge in [-0.15, -0.1) is 0 Å². The number of aryl methyl sites for hydroxylation is 1. The van der Waals surface area contributed by atoms with Crippen molar-refractivity contribution in [3.8, 4) is 0 Å². The minimum atomic E-state index is -0.440. The average molecular weight is 469 g/mol. The summed E-state index contributed by atoms with van der Waals surface area (Å²) < 4.78 is 6.55. The molecular weight excluding hydrogens is 446 g/mol. The van der Waals surface area contributed by atoms with Crippen molar-refractivity contribution in [2.24, 2.45) is 0 Å². The van der Waals surface area contributed by atoms with Crippen molar-refractivity contribution in [1.82, 2.24) is 9.55 Å². The highest BCUT2D eigenvalue weighted by Crippen LogP contribution is 2.17. The lowest BCUT2D eigenvalue weighted by atomic mass is 10.0. The van der Waals surface area contributed by atoms with Gasteiger partial charge in [-0.05, 0) is 62.4 Å². The van der Waals surface area contributed by atoms with Gasteiger partial charge in [0.05, 0.1) is 23.3 Å². The normalized spacial score (nSPS) is 10.7. The zero-order chi connectivity index (χ0) is 24.9. The summed E-state index contributed by atoms with van der Waals surface area (Å²) >= 11 is 0. The molecule has 4 aromatic rings. The number of hydrogen-bond acceptors (Lipinski definition) is 6. The lowest BCUT2D eigenvalue weighted by molar-refractivity contribution is -0.116. The van der Waals surface area contributed by atoms with Crippen molar-refractivity contribution in [1.29, 1.82) is 0 Å². The van der Waals surface area contributed by atoms with E-state index in [0.717, 1.165) is 5.56 Å². The maximum atomic E-state index is 13.2. The van der Waals surface area contributed by atoms with Crippen molar-refractivity contribution in [3.63, 3.8) is 0 Å². The zero-order valence-corrected chi connectivity index (χ0v) is 19.3. The summed E-state index contributed by atoms with van der Waals surface area (Å²) in [6.07, 6.45) is 4.39. The molecule has 1 N–H and O–H groups in total. The highest BCUT2D eigenvalue weighted by molar-refractivity contribution is 6.10. The van der Waals surface area contributed by atoms with Crippen LogP contribution in [0.25, 0.3) is 10.9 Å². The number of anilines is 1. The second-order valence-electron chi connectivity index (χ2n) is 7.93. The van der Waals surface area contributed by atoms with Crippen LogP contribution in [-0.4, -0.2) is 33.8 Å². The van der Waals surface area contributed by atoms with Gasteiger partial charge >= 0.3 is 5.97 Å². The Bertz CT molecular complexity index is 1470. The van der Waals surface area contributed by atoms with Crippen LogP contribution in [0, 0.1) is 6.92 Å². The predicted octanol–water partition coefficient (Wildman–Crippen LogP) is 3.75. The minimum Gasteiger partial charge on any atom is -0.462 e. The van der Waals surface area contributed by atoms with Gasteiger partial charge in [-0.1, -0.05) is 11.6 Å². The molecule has 0 radical (unpaired) electrons. The number of amides is 1. The summed E-state index contributed by atoms with van der Waals surface area (Å²) in [6, 6.07) is 14.7. The van der Waals surface area contributed by atoms with E-state index >= 15 is 0 Å². The Morgan fingerprint density at radius 1 is 0.971 bits per heavy atom. The number of ether oxygens (including phenoxy) is 1. The summed E-state index contributed by atoms with van der Waals surface area (Å²) in [7, 11) is 0. The fraction of sp³-hybridized carbons (Fsp3) is 0.148. The van der Waals surface area contributed by atoms with Crippen LogP contribution in [0.1, 0.15) is 38.8 Å². The first-order valence-corrected chi connectivity index (χ1v) is 11.0. The van der Waals surface area contributed by atoms with E-state index in [4.69, 9.17) is 4.74 Å². The third kappa shape index (κ3) is 5.16. The molecule has 0 aliphatic heterocycles. The van der Waals surface area contributed by atoms with E-state index in [1.807, 2.05) is 13.0 Å². The number of nitrogens with one attached hydrogen (secondary N) is 1. The molecule has 0 aliphatic rings. The van der Waals surface area contributed by atoms with E-state index < -0.39 is 17.2 Å². The van der Waals surface area contributed by atoms with Gasteiger partial charge in [-0.2, -0.15) is 0 Å². The quantitative estimate of drug-likeness (QED) is 0.326. The molecule has 0 bridgehead atoms. The van der Waals surface area contributed by atoms with E-state index in [9.17, 15) is 19.2 Å². The molecule has 2 heterocycles. The standard InChI is InChI=1S/C27H23N3O5/c1-3-35-27(34)19-5-7-20(8-6-19)29-24(31)16-30-15-22(25(32)18-10-12-28-13-11-18)26(33)21-14-17(2)4-9-23(21)30/h4-15H,3,16H2,1-2H3,(H,29,31). The molecule has 0 aliphatic carbocycles. The monoisotopic (exact) mass is 469 g/mol. The molecule has 0 unspecified atom stereocenters. The molecule has 0 fully saturated rings. The van der Waals surface area contributed by atoms with Crippen molar-refractivity contribution >= 4 is 34.3 Å². The zero-order valence-electron chi connectivity index (χ0n) is 19.3. The minimum absolute atomic E-state index is 0.0270. The van der Waals surface area contributed by atoms with E-state index in [1.54, 1.807) is 60.0 Å². The van der Waals surface area contributed by atoms with Crippen LogP contribution in [0.3, 0.4) is 0 Å². The third-order valence-corrected chi connectivity index (χ3v) is 5.42. The molecule has 0 spiro atoms. The molecule has 2 aromatic carbocycles. The lowest BCUT2D eigenvalue weighted by Gasteiger charge is -2.14. The van der Waals surface area contributed by atoms with E-state index in [-0.39, 0.29) is 24.6 Å². The second kappa shape index (κ2) is 10.1. The maximum Gasteiger partial charge on any atom is 0.338 e. The third-order valence-electron chi connectivity index (χ3n) is 5.42. The summed E-state index contributed by atoms with van der Waals surface area (Å²) in [6.45, 7) is 3.73. The maximum absolute atomic E-state index is 13.2. The number of pyridine rings is 2. The topological polar surface area (TPSA) is 107 Å². The Labute approximate surface area is 201 Å². The van der Waals surface area contributed by atoms with Crippen molar-refractivity contribution < 1.29 is 19.1 Å². The van der Waals surface area contributed by atoms with Gasteiger partial charge < -0.3 is 14.6 Å². The average Bonchev–Trinajstić information content (AvgIpc) is 2.86. The molecule has 0 saturated heterocycles. The molecule has 8 nitrogen and oxygen atoms in total. The van der Waals surface area contributed by atoms with Crippen LogP contribution in [-0.2, 0) is 16.1 Å². The van der Waals surface area contributed by atoms with E-state index in [1.165, 1.54) is 18.6 Å². The summed E-state index contributed by atoms with van der Waals surface area (Å²) in [5, 5.41) is 3.13. The number of carbonyl (C=O) groups excluding carboxylic acids is 3. The molecule has 4 rings (SSSR count). The number of benzene rings is 2. The first kappa shape index (κ1) is 23.6. The Kier molecular flexibility index (Phi) is 6.82. The van der Waals surface area contributed by atoms with Crippen molar-refractivity contribution in [2.45, 2.75) is 20.4 Å². The van der Waals surface area contributed by atoms with E-state index in [2.05, 4.69) is 10.3 Å². The predicted molar refractivity (Wildman–Crippen MR) is 132 cm³/mol. The number of ketones is 1. The first-order valence-electron chi connectivity index (χ1n) is 11.0. The van der Waals surface area contributed by atoms with Crippen LogP contribution < -0.4 is 10.7 Å². The number of carbonyl (C=O) groups is 3. The Hall–Kier alpha value is -4.59. The summed E-state index contributed by atoms with van der Waals surface area (Å²) in [5.41, 5.74) is 2.20. The van der Waals surface area contributed by atoms with Crippen molar-refractivity contribution in [2.75, 3.05) is 11.9 Å². The van der Waals surface area contributed by atoms with Gasteiger partial charge in [-0.3, -0.25) is 19.4 Å². The second-order valence-corrected chi connectivity index (χ2v) is 7.93. The SMILES string of the molecule is CCOC(=O)c1ccc(NC(=O)Cn2cc(C(=O)c3ccncc3)c(=O)c3cc(C)ccc32)cc1. The van der Waals surface area contributed by atoms with Crippen molar-refractivity contribution in [3.05, 3.63) is 106 Å². The van der Waals surface area contributed by atoms with Crippen LogP contribution in [0.15, 0.2) is 78.0 Å². The first-order chi connectivity index (χ1) is 16.9. The van der Waals surface area contributed by atoms with Crippen LogP contribution in [0.5, 0.6) is 0 Å². The molecule has 35 heavy (non-hydrogen) atoms. The molecular formula is C27H23N3O5. The van der Waals surface area contributed by atoms with Gasteiger partial charge in [-0.25, -0.2) is 4.79 Å². The van der Waals surface area contributed by atoms with Gasteiger partial charge in [0.15, 0.2) is 5.78 Å². The fourth-order valence-corrected chi connectivity index (χ4v) is 3.72. The van der Waals surface area contributed by atoms with E-state index in [0.29, 0.717) is 27.7 Å². The summed E-state index contributed by atoms with van der Waals surface area (Å²) in [4.78, 5) is 54.8. The Morgan fingerprint density at radius 2 is 1.69 bits per heavy atom. The van der Waals surface area contributed by atoms with Gasteiger partial charge in [0.1, 0.15) is 6.54 Å². The number of nitrogens with zero attached hydrogens (tertiary/aromatic N) is 2. The number of aromatic nitrogens is 2. The highest BCUT2D eigenvalue weighted by atomic mass is 16.5. The molecule has 2 aromatic heterocycles. The molecule has 8 heteroatoms. The summed E-state index contributed by atoms with van der Waals surface area (Å²) in [5.74, 6) is -1.24. The van der Waals surface area contributed by atoms with Gasteiger partial charge in [0.2, 0.25) is 11.3 Å². The van der Waals surface area contributed by atoms with Crippen LogP contribution in [0.4, 0.5) is 5.69 Å². The number of hydrogen-bond donors (Lipinski definition) is 1. The Balaban J connectivity index is 1.65. The molecule has 176 valence electrons. The number of fused-ring (bicyclic) bond motifs is 1. The fourth-order valence-electron chi connectivity index (χ4n) is 3.72. The molecule has 0 atom stereocenters. The molecule has 0 saturated carbocycles. The highest BCUT2D eigenvalue weighted by Gasteiger charge is 2.18. The number of rotatable bonds is 7. The van der Waals surface area contributed by atoms with Gasteiger partial charge in [0.25, 0.3) is 0 Å². The number of esters is 1. The largest absolute Gasteiger partial charge is 0.462 e. The van der Waals surface area contributed by atoms with Crippen LogP contribution in [0.2, 0.25) is 0 Å². The van der Waals surface area contributed by atoms with Crippen LogP contribution >= 0.6 is 0 Å². The Morgan fingerprint density at radius 3 is 2.37 bits per heavy atom. The lowest BCUT2D eigenvalue weighted by Crippen LogP contribution is -2.24. The van der Waals surface area contributed by atoms with Gasteiger partial charge in [0, 0.05) is 35.2 Å². The molecule has 1 amide bonds.